The van der Waals surface area contributed by atoms with Crippen LogP contribution >= 0.6 is 0 Å². The first-order valence-corrected chi connectivity index (χ1v) is 14.2. The summed E-state index contributed by atoms with van der Waals surface area (Å²) in [6.45, 7) is 21.3. The first-order chi connectivity index (χ1) is 15.9. The van der Waals surface area contributed by atoms with Gasteiger partial charge in [0.05, 0.1) is 12.7 Å². The highest BCUT2D eigenvalue weighted by Gasteiger charge is 2.68. The predicted octanol–water partition coefficient (Wildman–Crippen LogP) is 7.07. The third-order valence-corrected chi connectivity index (χ3v) is 11.5. The maximum atomic E-state index is 11.6. The number of fused-ring (bicyclic) bond motifs is 4. The molecule has 34 heavy (non-hydrogen) atoms. The van der Waals surface area contributed by atoms with Crippen LogP contribution in [0, 0.1) is 39.9 Å². The van der Waals surface area contributed by atoms with Gasteiger partial charge in [-0.05, 0) is 78.6 Å². The average Bonchev–Trinajstić information content (AvgIpc) is 3.10. The summed E-state index contributed by atoms with van der Waals surface area (Å²) in [5, 5.41) is 22.5. The fourth-order valence-electron chi connectivity index (χ4n) is 9.36. The van der Waals surface area contributed by atoms with Crippen molar-refractivity contribution >= 4 is 0 Å². The molecule has 0 spiro atoms. The maximum absolute atomic E-state index is 11.6. The number of hydrogen-bond acceptors (Lipinski definition) is 3. The van der Waals surface area contributed by atoms with E-state index in [0.29, 0.717) is 17.8 Å². The second-order valence-corrected chi connectivity index (χ2v) is 13.9. The van der Waals surface area contributed by atoms with Gasteiger partial charge in [-0.2, -0.15) is 0 Å². The Kier molecular flexibility index (Phi) is 7.02. The average molecular weight is 473 g/mol. The number of ether oxygens (including phenoxy) is 1. The molecule has 0 radical (unpaired) electrons. The minimum absolute atomic E-state index is 0.0792. The van der Waals surface area contributed by atoms with Crippen molar-refractivity contribution in [3.05, 3.63) is 23.8 Å². The molecule has 3 heteroatoms. The summed E-state index contributed by atoms with van der Waals surface area (Å²) in [5.74, 6) is 2.26. The second-order valence-electron chi connectivity index (χ2n) is 13.9. The molecule has 4 rings (SSSR count). The highest BCUT2D eigenvalue weighted by Crippen LogP contribution is 2.69. The van der Waals surface area contributed by atoms with E-state index in [1.54, 1.807) is 11.6 Å². The molecule has 0 aromatic heterocycles. The third-order valence-electron chi connectivity index (χ3n) is 11.5. The van der Waals surface area contributed by atoms with E-state index in [4.69, 9.17) is 4.74 Å². The zero-order chi connectivity index (χ0) is 25.1. The monoisotopic (exact) mass is 472 g/mol. The van der Waals surface area contributed by atoms with Crippen molar-refractivity contribution in [3.63, 3.8) is 0 Å². The number of allylic oxidation sites excluding steroid dienone is 1. The van der Waals surface area contributed by atoms with E-state index in [1.165, 1.54) is 24.8 Å². The Labute approximate surface area is 209 Å². The third kappa shape index (κ3) is 3.62. The first kappa shape index (κ1) is 26.4. The topological polar surface area (TPSA) is 49.7 Å². The molecule has 1 saturated heterocycles. The first-order valence-electron chi connectivity index (χ1n) is 14.2. The molecule has 1 saturated carbocycles. The van der Waals surface area contributed by atoms with Gasteiger partial charge in [-0.1, -0.05) is 79.4 Å². The van der Waals surface area contributed by atoms with Crippen LogP contribution in [0.4, 0.5) is 0 Å². The number of aliphatic hydroxyl groups is 2. The van der Waals surface area contributed by atoms with Crippen LogP contribution in [0.3, 0.4) is 0 Å². The van der Waals surface area contributed by atoms with Gasteiger partial charge in [0.2, 0.25) is 0 Å². The van der Waals surface area contributed by atoms with Crippen molar-refractivity contribution in [2.45, 2.75) is 124 Å². The van der Waals surface area contributed by atoms with Crippen LogP contribution < -0.4 is 0 Å². The standard InChI is InChI=1S/C31H52O3/c1-9-26(32)31-23-13-14-25-28(5,6)27(33)16-17-29(25,7)22(23)15-18-30(31,8)24(19-34-31)21(4)12-10-11-20(2)3/h9,20-21,24-27,32-33H,1,10-19H2,2-8H3/t21?,24?,25?,26?,27?,29?,30?,31-/m1/s1. The van der Waals surface area contributed by atoms with Gasteiger partial charge in [0.1, 0.15) is 11.7 Å². The number of rotatable bonds is 7. The maximum Gasteiger partial charge on any atom is 0.124 e. The SMILES string of the molecule is C=CC(O)[C@@]12OCC(C(C)CCCC(C)C)C1(C)CCC1=C2CCC2C1(C)CCC(O)C2(C)C. The minimum atomic E-state index is -0.682. The molecule has 0 amide bonds. The van der Waals surface area contributed by atoms with Crippen molar-refractivity contribution in [2.75, 3.05) is 6.61 Å². The summed E-state index contributed by atoms with van der Waals surface area (Å²) in [4.78, 5) is 0. The van der Waals surface area contributed by atoms with Crippen molar-refractivity contribution in [1.29, 1.82) is 0 Å². The molecule has 3 aliphatic carbocycles. The molecule has 3 nitrogen and oxygen atoms in total. The Balaban J connectivity index is 1.74. The van der Waals surface area contributed by atoms with Gasteiger partial charge in [0.15, 0.2) is 0 Å². The summed E-state index contributed by atoms with van der Waals surface area (Å²) in [6.07, 6.45) is 10.7. The van der Waals surface area contributed by atoms with Crippen molar-refractivity contribution < 1.29 is 14.9 Å². The lowest BCUT2D eigenvalue weighted by molar-refractivity contribution is -0.129. The Bertz CT molecular complexity index is 811. The number of aliphatic hydroxyl groups excluding tert-OH is 2. The Morgan fingerprint density at radius 3 is 2.38 bits per heavy atom. The van der Waals surface area contributed by atoms with E-state index in [1.807, 2.05) is 0 Å². The van der Waals surface area contributed by atoms with E-state index >= 15 is 0 Å². The lowest BCUT2D eigenvalue weighted by Crippen LogP contribution is -2.61. The lowest BCUT2D eigenvalue weighted by Gasteiger charge is -2.62. The van der Waals surface area contributed by atoms with E-state index in [-0.39, 0.29) is 22.3 Å². The van der Waals surface area contributed by atoms with Crippen molar-refractivity contribution in [1.82, 2.24) is 0 Å². The highest BCUT2D eigenvalue weighted by molar-refractivity contribution is 5.43. The molecule has 0 aromatic rings. The zero-order valence-electron chi connectivity index (χ0n) is 23.1. The van der Waals surface area contributed by atoms with Gasteiger partial charge in [-0.15, -0.1) is 6.58 Å². The van der Waals surface area contributed by atoms with Crippen LogP contribution in [0.5, 0.6) is 0 Å². The van der Waals surface area contributed by atoms with Crippen molar-refractivity contribution in [2.24, 2.45) is 39.9 Å². The van der Waals surface area contributed by atoms with Gasteiger partial charge in [-0.25, -0.2) is 0 Å². The fraction of sp³-hybridized carbons (Fsp3) is 0.871. The van der Waals surface area contributed by atoms with Crippen LogP contribution in [0.25, 0.3) is 0 Å². The van der Waals surface area contributed by atoms with Gasteiger partial charge >= 0.3 is 0 Å². The van der Waals surface area contributed by atoms with Gasteiger partial charge in [0.25, 0.3) is 0 Å². The second kappa shape index (κ2) is 9.03. The summed E-state index contributed by atoms with van der Waals surface area (Å²) < 4.78 is 6.90. The summed E-state index contributed by atoms with van der Waals surface area (Å²) in [6, 6.07) is 0. The molecule has 7 unspecified atom stereocenters. The molecule has 2 fully saturated rings. The van der Waals surface area contributed by atoms with Crippen LogP contribution in [-0.4, -0.2) is 34.6 Å². The van der Waals surface area contributed by atoms with Crippen LogP contribution in [0.2, 0.25) is 0 Å². The van der Waals surface area contributed by atoms with Crippen LogP contribution in [0.15, 0.2) is 23.8 Å². The fourth-order valence-corrected chi connectivity index (χ4v) is 9.36. The normalized spacial score (nSPS) is 43.2. The Morgan fingerprint density at radius 1 is 1.03 bits per heavy atom. The van der Waals surface area contributed by atoms with Gasteiger partial charge in [0, 0.05) is 5.41 Å². The zero-order valence-corrected chi connectivity index (χ0v) is 23.1. The molecular weight excluding hydrogens is 420 g/mol. The van der Waals surface area contributed by atoms with E-state index in [0.717, 1.165) is 51.0 Å². The van der Waals surface area contributed by atoms with Gasteiger partial charge < -0.3 is 14.9 Å². The minimum Gasteiger partial charge on any atom is -0.393 e. The smallest absolute Gasteiger partial charge is 0.124 e. The summed E-state index contributed by atoms with van der Waals surface area (Å²) in [7, 11) is 0. The largest absolute Gasteiger partial charge is 0.393 e. The molecular formula is C31H52O3. The molecule has 2 N–H and O–H groups in total. The molecule has 194 valence electrons. The van der Waals surface area contributed by atoms with Gasteiger partial charge in [-0.3, -0.25) is 0 Å². The lowest BCUT2D eigenvalue weighted by atomic mass is 9.44. The van der Waals surface area contributed by atoms with E-state index in [9.17, 15) is 10.2 Å². The molecule has 8 atom stereocenters. The molecule has 1 aliphatic heterocycles. The quantitative estimate of drug-likeness (QED) is 0.389. The van der Waals surface area contributed by atoms with E-state index < -0.39 is 11.7 Å². The molecule has 0 aromatic carbocycles. The molecule has 0 bridgehead atoms. The van der Waals surface area contributed by atoms with Crippen LogP contribution in [0.1, 0.15) is 106 Å². The Morgan fingerprint density at radius 2 is 1.74 bits per heavy atom. The predicted molar refractivity (Wildman–Crippen MR) is 140 cm³/mol. The number of hydrogen-bond donors (Lipinski definition) is 2. The molecule has 4 aliphatic rings. The van der Waals surface area contributed by atoms with Crippen molar-refractivity contribution in [3.8, 4) is 0 Å². The van der Waals surface area contributed by atoms with E-state index in [2.05, 4.69) is 55.0 Å². The van der Waals surface area contributed by atoms with Crippen LogP contribution in [-0.2, 0) is 4.74 Å². The Hall–Kier alpha value is -0.640. The highest BCUT2D eigenvalue weighted by atomic mass is 16.5. The summed E-state index contributed by atoms with van der Waals surface area (Å²) in [5.41, 5.74) is 2.22. The molecule has 1 heterocycles. The summed E-state index contributed by atoms with van der Waals surface area (Å²) >= 11 is 0.